The molecule has 0 bridgehead atoms. The fourth-order valence-electron chi connectivity index (χ4n) is 2.34. The topological polar surface area (TPSA) is 85.9 Å². The van der Waals surface area contributed by atoms with Gasteiger partial charge in [0.05, 0.1) is 6.61 Å². The van der Waals surface area contributed by atoms with Gasteiger partial charge in [0.25, 0.3) is 11.8 Å². The summed E-state index contributed by atoms with van der Waals surface area (Å²) in [4.78, 5) is 24.2. The van der Waals surface area contributed by atoms with E-state index in [1.54, 1.807) is 49.6 Å². The quantitative estimate of drug-likeness (QED) is 0.821. The van der Waals surface area contributed by atoms with Gasteiger partial charge in [-0.25, -0.2) is 0 Å². The Morgan fingerprint density at radius 3 is 2.52 bits per heavy atom. The second kappa shape index (κ2) is 7.67. The second-order valence-electron chi connectivity index (χ2n) is 5.44. The highest BCUT2D eigenvalue weighted by atomic mass is 16.6. The fraction of sp³-hybridized carbons (Fsp3) is 0.222. The van der Waals surface area contributed by atoms with Gasteiger partial charge in [0, 0.05) is 12.7 Å². The first-order valence-electron chi connectivity index (χ1n) is 7.74. The molecular formula is C18H18N2O5. The van der Waals surface area contributed by atoms with E-state index >= 15 is 0 Å². The number of benzene rings is 2. The first-order chi connectivity index (χ1) is 12.2. The molecule has 2 N–H and O–H groups in total. The lowest BCUT2D eigenvalue weighted by molar-refractivity contribution is -0.131. The molecule has 3 rings (SSSR count). The molecule has 0 spiro atoms. The number of amides is 2. The lowest BCUT2D eigenvalue weighted by Gasteiger charge is -2.25. The van der Waals surface area contributed by atoms with Crippen molar-refractivity contribution in [2.24, 2.45) is 0 Å². The van der Waals surface area contributed by atoms with Crippen molar-refractivity contribution in [2.75, 3.05) is 13.7 Å². The van der Waals surface area contributed by atoms with Gasteiger partial charge in [-0.2, -0.15) is 0 Å². The Kier molecular flexibility index (Phi) is 5.15. The Hall–Kier alpha value is -3.06. The van der Waals surface area contributed by atoms with Crippen molar-refractivity contribution in [1.29, 1.82) is 0 Å². The number of hydrazine groups is 1. The number of para-hydroxylation sites is 2. The highest BCUT2D eigenvalue weighted by Crippen LogP contribution is 2.30. The average Bonchev–Trinajstić information content (AvgIpc) is 2.66. The maximum absolute atomic E-state index is 12.1. The van der Waals surface area contributed by atoms with E-state index in [1.807, 2.05) is 6.07 Å². The second-order valence-corrected chi connectivity index (χ2v) is 5.44. The molecular weight excluding hydrogens is 324 g/mol. The van der Waals surface area contributed by atoms with Gasteiger partial charge in [0.1, 0.15) is 6.61 Å². The van der Waals surface area contributed by atoms with Gasteiger partial charge in [-0.1, -0.05) is 24.3 Å². The minimum absolute atomic E-state index is 0.0738. The number of methoxy groups -OCH3 is 1. The molecule has 0 aliphatic carbocycles. The largest absolute Gasteiger partial charge is 0.485 e. The van der Waals surface area contributed by atoms with E-state index in [0.717, 1.165) is 5.56 Å². The Labute approximate surface area is 144 Å². The van der Waals surface area contributed by atoms with E-state index in [-0.39, 0.29) is 6.61 Å². The van der Waals surface area contributed by atoms with Crippen LogP contribution in [0.5, 0.6) is 11.5 Å². The number of fused-ring (bicyclic) bond motifs is 1. The third kappa shape index (κ3) is 4.07. The van der Waals surface area contributed by atoms with E-state index in [4.69, 9.17) is 14.2 Å². The van der Waals surface area contributed by atoms with Crippen LogP contribution in [0.2, 0.25) is 0 Å². The third-order valence-corrected chi connectivity index (χ3v) is 3.63. The molecule has 1 aliphatic rings. The van der Waals surface area contributed by atoms with Crippen LogP contribution in [0.25, 0.3) is 0 Å². The predicted molar refractivity (Wildman–Crippen MR) is 89.1 cm³/mol. The van der Waals surface area contributed by atoms with Crippen molar-refractivity contribution >= 4 is 11.8 Å². The van der Waals surface area contributed by atoms with Crippen LogP contribution in [-0.2, 0) is 16.1 Å². The zero-order valence-electron chi connectivity index (χ0n) is 13.7. The first-order valence-corrected chi connectivity index (χ1v) is 7.74. The van der Waals surface area contributed by atoms with Crippen LogP contribution in [0.4, 0.5) is 0 Å². The maximum atomic E-state index is 12.1. The van der Waals surface area contributed by atoms with Crippen LogP contribution in [0.15, 0.2) is 48.5 Å². The number of hydrogen-bond donors (Lipinski definition) is 2. The molecule has 7 heteroatoms. The SMILES string of the molecule is COCc1ccc(C(=O)NNC(=O)C2COc3ccccc3O2)cc1. The highest BCUT2D eigenvalue weighted by Gasteiger charge is 2.27. The van der Waals surface area contributed by atoms with Gasteiger partial charge in [-0.05, 0) is 29.8 Å². The molecule has 130 valence electrons. The normalized spacial score (nSPS) is 15.3. The molecule has 1 unspecified atom stereocenters. The minimum atomic E-state index is -0.834. The summed E-state index contributed by atoms with van der Waals surface area (Å²) in [5.74, 6) is 0.175. The van der Waals surface area contributed by atoms with Gasteiger partial charge in [-0.15, -0.1) is 0 Å². The number of rotatable bonds is 4. The molecule has 0 aromatic heterocycles. The van der Waals surface area contributed by atoms with Gasteiger partial charge in [0.2, 0.25) is 6.10 Å². The molecule has 1 atom stereocenters. The van der Waals surface area contributed by atoms with Gasteiger partial charge >= 0.3 is 0 Å². The molecule has 0 radical (unpaired) electrons. The molecule has 25 heavy (non-hydrogen) atoms. The van der Waals surface area contributed by atoms with Crippen molar-refractivity contribution in [3.63, 3.8) is 0 Å². The fourth-order valence-corrected chi connectivity index (χ4v) is 2.34. The lowest BCUT2D eigenvalue weighted by Crippen LogP contribution is -2.50. The van der Waals surface area contributed by atoms with Crippen LogP contribution in [0, 0.1) is 0 Å². The number of hydrogen-bond acceptors (Lipinski definition) is 5. The third-order valence-electron chi connectivity index (χ3n) is 3.63. The zero-order valence-corrected chi connectivity index (χ0v) is 13.7. The molecule has 1 heterocycles. The van der Waals surface area contributed by atoms with Gasteiger partial charge in [-0.3, -0.25) is 20.4 Å². The molecule has 1 aliphatic heterocycles. The Bertz CT molecular complexity index is 760. The van der Waals surface area contributed by atoms with Crippen LogP contribution in [0.1, 0.15) is 15.9 Å². The average molecular weight is 342 g/mol. The van der Waals surface area contributed by atoms with Crippen LogP contribution in [0.3, 0.4) is 0 Å². The standard InChI is InChI=1S/C18H18N2O5/c1-23-10-12-6-8-13(9-7-12)17(21)19-20-18(22)16-11-24-14-4-2-3-5-15(14)25-16/h2-9,16H,10-11H2,1H3,(H,19,21)(H,20,22). The summed E-state index contributed by atoms with van der Waals surface area (Å²) in [6.45, 7) is 0.545. The van der Waals surface area contributed by atoms with Crippen LogP contribution in [-0.4, -0.2) is 31.6 Å². The predicted octanol–water partition coefficient (Wildman–Crippen LogP) is 1.43. The summed E-state index contributed by atoms with van der Waals surface area (Å²) >= 11 is 0. The van der Waals surface area contributed by atoms with Crippen LogP contribution < -0.4 is 20.3 Å². The zero-order chi connectivity index (χ0) is 17.6. The Morgan fingerprint density at radius 1 is 1.08 bits per heavy atom. The summed E-state index contributed by atoms with van der Waals surface area (Å²) in [6, 6.07) is 14.0. The summed E-state index contributed by atoms with van der Waals surface area (Å²) in [7, 11) is 1.60. The van der Waals surface area contributed by atoms with Crippen LogP contribution >= 0.6 is 0 Å². The van der Waals surface area contributed by atoms with E-state index in [1.165, 1.54) is 0 Å². The number of carbonyl (C=O) groups excluding carboxylic acids is 2. The van der Waals surface area contributed by atoms with Crippen molar-refractivity contribution in [1.82, 2.24) is 10.9 Å². The monoisotopic (exact) mass is 342 g/mol. The molecule has 2 amide bonds. The number of ether oxygens (including phenoxy) is 3. The summed E-state index contributed by atoms with van der Waals surface area (Å²) in [6.07, 6.45) is -0.834. The Balaban J connectivity index is 1.53. The van der Waals surface area contributed by atoms with Gasteiger partial charge < -0.3 is 14.2 Å². The number of nitrogens with one attached hydrogen (secondary N) is 2. The van der Waals surface area contributed by atoms with E-state index in [0.29, 0.717) is 23.7 Å². The first kappa shape index (κ1) is 16.8. The summed E-state index contributed by atoms with van der Waals surface area (Å²) in [5.41, 5.74) is 6.09. The van der Waals surface area contributed by atoms with Crippen molar-refractivity contribution in [3.8, 4) is 11.5 Å². The molecule has 2 aromatic rings. The summed E-state index contributed by atoms with van der Waals surface area (Å²) < 4.78 is 16.1. The minimum Gasteiger partial charge on any atom is -0.485 e. The lowest BCUT2D eigenvalue weighted by atomic mass is 10.1. The van der Waals surface area contributed by atoms with E-state index < -0.39 is 17.9 Å². The molecule has 0 saturated heterocycles. The molecule has 7 nitrogen and oxygen atoms in total. The van der Waals surface area contributed by atoms with E-state index in [9.17, 15) is 9.59 Å². The Morgan fingerprint density at radius 2 is 1.80 bits per heavy atom. The van der Waals surface area contributed by atoms with E-state index in [2.05, 4.69) is 10.9 Å². The van der Waals surface area contributed by atoms with Crippen molar-refractivity contribution < 1.29 is 23.8 Å². The molecule has 0 fully saturated rings. The smallest absolute Gasteiger partial charge is 0.283 e. The highest BCUT2D eigenvalue weighted by molar-refractivity contribution is 5.95. The van der Waals surface area contributed by atoms with Crippen molar-refractivity contribution in [2.45, 2.75) is 12.7 Å². The van der Waals surface area contributed by atoms with Crippen molar-refractivity contribution in [3.05, 3.63) is 59.7 Å². The summed E-state index contributed by atoms with van der Waals surface area (Å²) in [5, 5.41) is 0. The maximum Gasteiger partial charge on any atom is 0.283 e. The van der Waals surface area contributed by atoms with Gasteiger partial charge in [0.15, 0.2) is 11.5 Å². The molecule has 0 saturated carbocycles. The number of carbonyl (C=O) groups is 2. The molecule has 2 aromatic carbocycles.